The van der Waals surface area contributed by atoms with Gasteiger partial charge in [-0.25, -0.2) is 13.2 Å². The molecule has 280 valence electrons. The number of fused-ring (bicyclic) bond motifs is 3. The van der Waals surface area contributed by atoms with Crippen LogP contribution in [0.2, 0.25) is 5.02 Å². The Labute approximate surface area is 310 Å². The molecule has 2 aromatic rings. The van der Waals surface area contributed by atoms with Gasteiger partial charge in [-0.05, 0) is 108 Å². The second-order valence-corrected chi connectivity index (χ2v) is 18.2. The van der Waals surface area contributed by atoms with Gasteiger partial charge >= 0.3 is 6.09 Å². The molecular formula is C38H47ClN4O8S. The van der Waals surface area contributed by atoms with E-state index in [1.54, 1.807) is 58.0 Å². The molecule has 3 N–H and O–H groups in total. The van der Waals surface area contributed by atoms with E-state index in [1.807, 2.05) is 24.3 Å². The number of hydrogen-bond donors (Lipinski definition) is 3. The summed E-state index contributed by atoms with van der Waals surface area (Å²) in [6.07, 6.45) is 7.50. The lowest BCUT2D eigenvalue weighted by atomic mass is 9.91. The molecular weight excluding hydrogens is 708 g/mol. The van der Waals surface area contributed by atoms with Crippen molar-refractivity contribution >= 4 is 45.4 Å². The van der Waals surface area contributed by atoms with Gasteiger partial charge in [0.05, 0.1) is 4.75 Å². The predicted octanol–water partition coefficient (Wildman–Crippen LogP) is 5.67. The lowest BCUT2D eigenvalue weighted by Gasteiger charge is -2.39. The Morgan fingerprint density at radius 1 is 1.02 bits per heavy atom. The van der Waals surface area contributed by atoms with Crippen LogP contribution in [-0.4, -0.2) is 65.1 Å². The number of allylic oxidation sites excluding steroid dienone is 1. The molecule has 4 amide bonds. The highest BCUT2D eigenvalue weighted by Crippen LogP contribution is 2.47. The molecule has 0 radical (unpaired) electrons. The van der Waals surface area contributed by atoms with Crippen LogP contribution < -0.4 is 20.1 Å². The van der Waals surface area contributed by atoms with Crippen molar-refractivity contribution in [1.29, 1.82) is 0 Å². The summed E-state index contributed by atoms with van der Waals surface area (Å²) >= 11 is 6.16. The minimum Gasteiger partial charge on any atom is -0.457 e. The third-order valence-electron chi connectivity index (χ3n) is 10.2. The zero-order chi connectivity index (χ0) is 37.5. The fraction of sp³-hybridized carbons (Fsp3) is 0.526. The van der Waals surface area contributed by atoms with Crippen LogP contribution in [0.3, 0.4) is 0 Å². The molecule has 4 aliphatic rings. The highest BCUT2D eigenvalue weighted by Gasteiger charge is 2.63. The zero-order valence-corrected chi connectivity index (χ0v) is 31.6. The molecule has 0 saturated heterocycles. The van der Waals surface area contributed by atoms with E-state index in [0.29, 0.717) is 48.6 Å². The molecule has 4 atom stereocenters. The summed E-state index contributed by atoms with van der Waals surface area (Å²) in [5.74, 6) is -1.25. The summed E-state index contributed by atoms with van der Waals surface area (Å²) in [4.78, 5) is 57.2. The van der Waals surface area contributed by atoms with E-state index < -0.39 is 67.7 Å². The van der Waals surface area contributed by atoms with Crippen molar-refractivity contribution in [3.8, 4) is 11.5 Å². The van der Waals surface area contributed by atoms with Crippen molar-refractivity contribution in [1.82, 2.24) is 20.3 Å². The largest absolute Gasteiger partial charge is 0.457 e. The summed E-state index contributed by atoms with van der Waals surface area (Å²) in [5.41, 5.74) is -0.759. The summed E-state index contributed by atoms with van der Waals surface area (Å²) < 4.78 is 39.1. The van der Waals surface area contributed by atoms with E-state index in [1.165, 1.54) is 4.90 Å². The number of alkyl carbamates (subject to hydrolysis) is 1. The zero-order valence-electron chi connectivity index (χ0n) is 30.0. The smallest absolute Gasteiger partial charge is 0.408 e. The standard InChI is InChI=1S/C38H47ClN4O8S/c1-36(2,3)51-35(47)40-30-14-9-7-5-6-8-11-26-22-38(26,34(46)42-52(48,49)37(4)17-18-37)41-32(44)31-20-25-19-29(50-28-13-10-12-27(39)21-28)16-15-24(25)23-43(31)33(30)45/h8,10-13,15-16,19,21,26,30-31H,5-7,9,14,17-18,20,22-23H2,1-4H3,(H,40,47)(H,41,44)(H,42,46)/t26-,30+,31+,38-/m1/s1. The second-order valence-electron chi connectivity index (χ2n) is 15.6. The third-order valence-corrected chi connectivity index (χ3v) is 12.6. The first-order valence-corrected chi connectivity index (χ1v) is 19.8. The minimum atomic E-state index is -3.98. The van der Waals surface area contributed by atoms with E-state index in [2.05, 4.69) is 15.4 Å². The van der Waals surface area contributed by atoms with Crippen molar-refractivity contribution in [3.05, 3.63) is 70.8 Å². The van der Waals surface area contributed by atoms with Gasteiger partial charge in [-0.15, -0.1) is 0 Å². The molecule has 2 heterocycles. The number of carbonyl (C=O) groups is 4. The summed E-state index contributed by atoms with van der Waals surface area (Å²) in [5, 5.41) is 6.18. The Morgan fingerprint density at radius 3 is 2.48 bits per heavy atom. The maximum absolute atomic E-state index is 14.5. The van der Waals surface area contributed by atoms with E-state index in [9.17, 15) is 27.6 Å². The molecule has 14 heteroatoms. The summed E-state index contributed by atoms with van der Waals surface area (Å²) in [6.45, 7) is 6.84. The number of nitrogens with one attached hydrogen (secondary N) is 3. The van der Waals surface area contributed by atoms with E-state index in [-0.39, 0.29) is 19.4 Å². The van der Waals surface area contributed by atoms with E-state index in [0.717, 1.165) is 24.0 Å². The maximum Gasteiger partial charge on any atom is 0.408 e. The predicted molar refractivity (Wildman–Crippen MR) is 195 cm³/mol. The Bertz CT molecular complexity index is 1890. The lowest BCUT2D eigenvalue weighted by Crippen LogP contribution is -2.61. The molecule has 52 heavy (non-hydrogen) atoms. The van der Waals surface area contributed by atoms with Crippen molar-refractivity contribution in [2.45, 2.75) is 120 Å². The van der Waals surface area contributed by atoms with Crippen molar-refractivity contribution in [2.75, 3.05) is 0 Å². The molecule has 2 aliphatic heterocycles. The quantitative estimate of drug-likeness (QED) is 0.318. The third kappa shape index (κ3) is 8.41. The Hall–Kier alpha value is -4.10. The first-order valence-electron chi connectivity index (χ1n) is 17.9. The van der Waals surface area contributed by atoms with Crippen molar-refractivity contribution in [3.63, 3.8) is 0 Å². The topological polar surface area (TPSA) is 160 Å². The monoisotopic (exact) mass is 754 g/mol. The summed E-state index contributed by atoms with van der Waals surface area (Å²) in [6, 6.07) is 10.3. The molecule has 6 rings (SSSR count). The number of rotatable bonds is 6. The first kappa shape index (κ1) is 37.7. The average molecular weight is 755 g/mol. The van der Waals surface area contributed by atoms with Crippen LogP contribution >= 0.6 is 11.6 Å². The van der Waals surface area contributed by atoms with Gasteiger partial charge < -0.3 is 25.0 Å². The summed E-state index contributed by atoms with van der Waals surface area (Å²) in [7, 11) is -3.98. The van der Waals surface area contributed by atoms with Crippen LogP contribution in [0.4, 0.5) is 4.79 Å². The number of ether oxygens (including phenoxy) is 2. The van der Waals surface area contributed by atoms with Gasteiger partial charge in [0, 0.05) is 23.9 Å². The molecule has 2 aliphatic carbocycles. The molecule has 0 aromatic heterocycles. The average Bonchev–Trinajstić information content (AvgIpc) is 3.98. The fourth-order valence-electron chi connectivity index (χ4n) is 6.78. The van der Waals surface area contributed by atoms with Gasteiger partial charge in [-0.3, -0.25) is 19.1 Å². The minimum absolute atomic E-state index is 0.0471. The molecule has 2 aromatic carbocycles. The Kier molecular flexibility index (Phi) is 10.4. The van der Waals surface area contributed by atoms with Gasteiger partial charge in [-0.2, -0.15) is 0 Å². The molecule has 12 nitrogen and oxygen atoms in total. The number of carbonyl (C=O) groups excluding carboxylic acids is 4. The highest BCUT2D eigenvalue weighted by molar-refractivity contribution is 7.91. The Balaban J connectivity index is 1.34. The second kappa shape index (κ2) is 14.4. The number of benzene rings is 2. The van der Waals surface area contributed by atoms with Crippen LogP contribution in [0.25, 0.3) is 0 Å². The van der Waals surface area contributed by atoms with Gasteiger partial charge in [0.25, 0.3) is 5.91 Å². The molecule has 0 spiro atoms. The number of sulfonamides is 1. The molecule has 0 bridgehead atoms. The van der Waals surface area contributed by atoms with E-state index in [4.69, 9.17) is 21.1 Å². The molecule has 0 unspecified atom stereocenters. The number of nitrogens with zero attached hydrogens (tertiary/aromatic N) is 1. The highest BCUT2D eigenvalue weighted by atomic mass is 35.5. The van der Waals surface area contributed by atoms with Crippen LogP contribution in [0, 0.1) is 5.92 Å². The Morgan fingerprint density at radius 2 is 1.77 bits per heavy atom. The van der Waals surface area contributed by atoms with Crippen LogP contribution in [0.5, 0.6) is 11.5 Å². The van der Waals surface area contributed by atoms with E-state index >= 15 is 0 Å². The van der Waals surface area contributed by atoms with Crippen LogP contribution in [0.1, 0.15) is 90.2 Å². The maximum atomic E-state index is 14.5. The number of amides is 4. The van der Waals surface area contributed by atoms with Gasteiger partial charge in [0.15, 0.2) is 0 Å². The fourth-order valence-corrected chi connectivity index (χ4v) is 8.27. The molecule has 2 saturated carbocycles. The van der Waals surface area contributed by atoms with Gasteiger partial charge in [0.2, 0.25) is 21.8 Å². The SMILES string of the molecule is CC(C)(C)OC(=O)N[C@H]1CCCCCC=C[C@@H]2C[C@@]2(C(=O)NS(=O)(=O)C2(C)CC2)NC(=O)[C@@H]2Cc3cc(Oc4cccc(Cl)c4)ccc3CN2C1=O. The lowest BCUT2D eigenvalue weighted by molar-refractivity contribution is -0.144. The number of halogens is 1. The van der Waals surface area contributed by atoms with Crippen molar-refractivity contribution < 1.29 is 37.1 Å². The van der Waals surface area contributed by atoms with Gasteiger partial charge in [0.1, 0.15) is 34.7 Å². The normalized spacial score (nSPS) is 25.9. The first-order chi connectivity index (χ1) is 24.5. The molecule has 2 fully saturated rings. The van der Waals surface area contributed by atoms with Crippen molar-refractivity contribution in [2.24, 2.45) is 5.92 Å². The van der Waals surface area contributed by atoms with Crippen LogP contribution in [0.15, 0.2) is 54.6 Å². The van der Waals surface area contributed by atoms with Crippen LogP contribution in [-0.2, 0) is 42.1 Å². The van der Waals surface area contributed by atoms with Gasteiger partial charge in [-0.1, -0.05) is 48.7 Å². The number of hydrogen-bond acceptors (Lipinski definition) is 8.